The zero-order valence-electron chi connectivity index (χ0n) is 20.1. The monoisotopic (exact) mass is 527 g/mol. The number of fused-ring (bicyclic) bond motifs is 1. The molecule has 0 aromatic heterocycles. The molecule has 1 saturated carbocycles. The van der Waals surface area contributed by atoms with Crippen LogP contribution in [-0.2, 0) is 19.6 Å². The number of aliphatic hydroxyl groups excluding tert-OH is 1. The van der Waals surface area contributed by atoms with Crippen LogP contribution in [0.15, 0.2) is 71.3 Å². The number of esters is 1. The summed E-state index contributed by atoms with van der Waals surface area (Å²) in [6.45, 7) is 1.70. The van der Waals surface area contributed by atoms with E-state index in [9.17, 15) is 18.3 Å². The van der Waals surface area contributed by atoms with Crippen molar-refractivity contribution in [2.45, 2.75) is 55.9 Å². The van der Waals surface area contributed by atoms with E-state index in [1.807, 2.05) is 18.2 Å². The van der Waals surface area contributed by atoms with Crippen molar-refractivity contribution in [3.63, 3.8) is 0 Å². The molecule has 5 rings (SSSR count). The van der Waals surface area contributed by atoms with E-state index >= 15 is 0 Å². The highest BCUT2D eigenvalue weighted by molar-refractivity contribution is 7.92. The van der Waals surface area contributed by atoms with Gasteiger partial charge in [0.1, 0.15) is 10.7 Å². The van der Waals surface area contributed by atoms with Gasteiger partial charge in [-0.05, 0) is 80.3 Å². The lowest BCUT2D eigenvalue weighted by Crippen LogP contribution is -2.45. The van der Waals surface area contributed by atoms with Gasteiger partial charge in [0.15, 0.2) is 0 Å². The molecular formula is C28H30ClNO5S. The Labute approximate surface area is 217 Å². The Morgan fingerprint density at radius 2 is 1.92 bits per heavy atom. The standard InChI is InChI=1S/C28H30ClNO5S/c1-17-8-6-12-22(29)27(17)36(33,34)30-20-10-7-9-19(16-20)24(18-14-15-18)25-26(31)21-11-4-2-3-5-13-23(21)35-28(25)32/h3,5-10,12-13,16,18,21,24-26,30-31H,2,4,11,14-15H2,1H3. The first kappa shape index (κ1) is 25.1. The zero-order valence-corrected chi connectivity index (χ0v) is 21.6. The van der Waals surface area contributed by atoms with Crippen LogP contribution in [0.3, 0.4) is 0 Å². The first-order valence-electron chi connectivity index (χ1n) is 12.4. The van der Waals surface area contributed by atoms with Crippen molar-refractivity contribution in [1.82, 2.24) is 0 Å². The second-order valence-corrected chi connectivity index (χ2v) is 12.0. The molecule has 2 fully saturated rings. The summed E-state index contributed by atoms with van der Waals surface area (Å²) >= 11 is 6.22. The van der Waals surface area contributed by atoms with Crippen molar-refractivity contribution < 1.29 is 23.1 Å². The third-order valence-corrected chi connectivity index (χ3v) is 9.40. The van der Waals surface area contributed by atoms with Crippen LogP contribution in [0.1, 0.15) is 49.1 Å². The van der Waals surface area contributed by atoms with Gasteiger partial charge in [0, 0.05) is 17.5 Å². The number of ether oxygens (including phenoxy) is 1. The van der Waals surface area contributed by atoms with E-state index < -0.39 is 28.0 Å². The Morgan fingerprint density at radius 3 is 2.67 bits per heavy atom. The van der Waals surface area contributed by atoms with Crippen molar-refractivity contribution >= 4 is 33.3 Å². The molecule has 1 heterocycles. The Kier molecular flexibility index (Phi) is 6.99. The summed E-state index contributed by atoms with van der Waals surface area (Å²) in [4.78, 5) is 13.2. The van der Waals surface area contributed by atoms with E-state index in [4.69, 9.17) is 16.3 Å². The number of aliphatic hydroxyl groups is 1. The van der Waals surface area contributed by atoms with Crippen LogP contribution in [0, 0.1) is 24.7 Å². The van der Waals surface area contributed by atoms with Gasteiger partial charge in [0.05, 0.1) is 17.0 Å². The quantitative estimate of drug-likeness (QED) is 0.469. The van der Waals surface area contributed by atoms with E-state index in [0.717, 1.165) is 37.7 Å². The fourth-order valence-corrected chi connectivity index (χ4v) is 7.45. The van der Waals surface area contributed by atoms with Gasteiger partial charge in [0.2, 0.25) is 0 Å². The van der Waals surface area contributed by atoms with Crippen LogP contribution in [-0.4, -0.2) is 25.6 Å². The van der Waals surface area contributed by atoms with Crippen molar-refractivity contribution in [2.75, 3.05) is 4.72 Å². The molecule has 1 saturated heterocycles. The molecule has 0 bridgehead atoms. The minimum absolute atomic E-state index is 0.0414. The Morgan fingerprint density at radius 1 is 1.14 bits per heavy atom. The molecule has 2 aromatic carbocycles. The number of aryl methyl sites for hydroxylation is 1. The van der Waals surface area contributed by atoms with Crippen LogP contribution < -0.4 is 4.72 Å². The Balaban J connectivity index is 1.46. The number of benzene rings is 2. The molecule has 36 heavy (non-hydrogen) atoms. The Bertz CT molecular complexity index is 1310. The molecule has 2 N–H and O–H groups in total. The predicted molar refractivity (Wildman–Crippen MR) is 139 cm³/mol. The van der Waals surface area contributed by atoms with E-state index in [-0.39, 0.29) is 27.7 Å². The van der Waals surface area contributed by atoms with E-state index in [1.165, 1.54) is 0 Å². The minimum atomic E-state index is -3.93. The maximum atomic E-state index is 13.2. The van der Waals surface area contributed by atoms with E-state index in [2.05, 4.69) is 4.72 Å². The second-order valence-electron chi connectivity index (χ2n) is 9.95. The van der Waals surface area contributed by atoms with Crippen LogP contribution in [0.25, 0.3) is 0 Å². The number of carbonyl (C=O) groups excluding carboxylic acids is 1. The molecule has 2 aliphatic carbocycles. The van der Waals surface area contributed by atoms with Gasteiger partial charge >= 0.3 is 5.97 Å². The number of nitrogens with one attached hydrogen (secondary N) is 1. The second kappa shape index (κ2) is 10.0. The fourth-order valence-electron chi connectivity index (χ4n) is 5.56. The molecular weight excluding hydrogens is 498 g/mol. The predicted octanol–water partition coefficient (Wildman–Crippen LogP) is 5.72. The van der Waals surface area contributed by atoms with E-state index in [1.54, 1.807) is 49.4 Å². The maximum absolute atomic E-state index is 13.2. The molecule has 0 amide bonds. The lowest BCUT2D eigenvalue weighted by atomic mass is 9.72. The summed E-state index contributed by atoms with van der Waals surface area (Å²) in [6.07, 6.45) is 9.33. The largest absolute Gasteiger partial charge is 0.430 e. The number of allylic oxidation sites excluding steroid dienone is 3. The number of anilines is 1. The maximum Gasteiger partial charge on any atom is 0.317 e. The van der Waals surface area contributed by atoms with Gasteiger partial charge in [-0.1, -0.05) is 48.0 Å². The number of carbonyl (C=O) groups is 1. The number of sulfonamides is 1. The van der Waals surface area contributed by atoms with Gasteiger partial charge in [-0.3, -0.25) is 9.52 Å². The van der Waals surface area contributed by atoms with E-state index in [0.29, 0.717) is 17.0 Å². The molecule has 2 aromatic rings. The summed E-state index contributed by atoms with van der Waals surface area (Å²) in [7, 11) is -3.93. The zero-order chi connectivity index (χ0) is 25.4. The van der Waals surface area contributed by atoms with Crippen LogP contribution in [0.5, 0.6) is 0 Å². The van der Waals surface area contributed by atoms with Crippen LogP contribution in [0.2, 0.25) is 5.02 Å². The number of rotatable bonds is 6. The molecule has 4 unspecified atom stereocenters. The number of hydrogen-bond donors (Lipinski definition) is 2. The molecule has 0 spiro atoms. The summed E-state index contributed by atoms with van der Waals surface area (Å²) in [6, 6.07) is 12.1. The molecule has 190 valence electrons. The van der Waals surface area contributed by atoms with Gasteiger partial charge in [-0.2, -0.15) is 0 Å². The molecule has 1 aliphatic heterocycles. The lowest BCUT2D eigenvalue weighted by Gasteiger charge is -2.39. The van der Waals surface area contributed by atoms with Crippen molar-refractivity contribution in [3.8, 4) is 0 Å². The minimum Gasteiger partial charge on any atom is -0.430 e. The molecule has 0 radical (unpaired) electrons. The summed E-state index contributed by atoms with van der Waals surface area (Å²) in [5, 5.41) is 11.6. The smallest absolute Gasteiger partial charge is 0.317 e. The molecule has 8 heteroatoms. The average molecular weight is 528 g/mol. The first-order valence-corrected chi connectivity index (χ1v) is 14.3. The number of halogens is 1. The van der Waals surface area contributed by atoms with Crippen molar-refractivity contribution in [2.24, 2.45) is 17.8 Å². The summed E-state index contributed by atoms with van der Waals surface area (Å²) in [5.74, 6) is -0.862. The van der Waals surface area contributed by atoms with Gasteiger partial charge in [-0.25, -0.2) is 8.42 Å². The lowest BCUT2D eigenvalue weighted by molar-refractivity contribution is -0.160. The molecule has 6 nitrogen and oxygen atoms in total. The molecule has 4 atom stereocenters. The summed E-state index contributed by atoms with van der Waals surface area (Å²) < 4.78 is 34.8. The average Bonchev–Trinajstić information content (AvgIpc) is 3.62. The highest BCUT2D eigenvalue weighted by Crippen LogP contribution is 2.51. The van der Waals surface area contributed by atoms with Crippen LogP contribution >= 0.6 is 11.6 Å². The number of hydrogen-bond acceptors (Lipinski definition) is 5. The summed E-state index contributed by atoms with van der Waals surface area (Å²) in [5.41, 5.74) is 1.74. The van der Waals surface area contributed by atoms with Crippen LogP contribution in [0.4, 0.5) is 5.69 Å². The van der Waals surface area contributed by atoms with Gasteiger partial charge < -0.3 is 9.84 Å². The highest BCUT2D eigenvalue weighted by Gasteiger charge is 2.50. The van der Waals surface area contributed by atoms with Crippen molar-refractivity contribution in [3.05, 3.63) is 82.6 Å². The topological polar surface area (TPSA) is 92.7 Å². The third-order valence-electron chi connectivity index (χ3n) is 7.39. The Hall–Kier alpha value is -2.61. The fraction of sp³-hybridized carbons (Fsp3) is 0.393. The van der Waals surface area contributed by atoms with Crippen molar-refractivity contribution in [1.29, 1.82) is 0 Å². The SMILES string of the molecule is Cc1cccc(Cl)c1S(=O)(=O)Nc1cccc(C(C2CC2)C2C(=O)OC3=CC=CCCCC3C2O)c1. The third kappa shape index (κ3) is 4.97. The molecule has 3 aliphatic rings. The normalized spacial score (nSPS) is 25.1. The van der Waals surface area contributed by atoms with Gasteiger partial charge in [-0.15, -0.1) is 0 Å². The first-order chi connectivity index (χ1) is 17.3. The highest BCUT2D eigenvalue weighted by atomic mass is 35.5. The van der Waals surface area contributed by atoms with Gasteiger partial charge in [0.25, 0.3) is 10.0 Å².